The van der Waals surface area contributed by atoms with Gasteiger partial charge in [0, 0.05) is 33.6 Å². The lowest BCUT2D eigenvalue weighted by molar-refractivity contribution is 0.395. The van der Waals surface area contributed by atoms with Crippen LogP contribution < -0.4 is 14.3 Å². The molecule has 0 radical (unpaired) electrons. The molecule has 0 aliphatic carbocycles. The maximum absolute atomic E-state index is 6.40. The van der Waals surface area contributed by atoms with Gasteiger partial charge in [-0.3, -0.25) is 4.99 Å². The van der Waals surface area contributed by atoms with E-state index < -0.39 is 0 Å². The number of ether oxygens (including phenoxy) is 2. The highest BCUT2D eigenvalue weighted by atomic mass is 35.5. The molecular weight excluding hydrogens is 441 g/mol. The molecule has 3 aromatic rings. The van der Waals surface area contributed by atoms with Gasteiger partial charge in [0.05, 0.1) is 30.6 Å². The normalized spacial score (nSPS) is 12.5. The van der Waals surface area contributed by atoms with E-state index in [1.807, 2.05) is 55.1 Å². The van der Waals surface area contributed by atoms with Crippen LogP contribution in [-0.4, -0.2) is 30.6 Å². The topological polar surface area (TPSA) is 48.1 Å². The van der Waals surface area contributed by atoms with Crippen molar-refractivity contribution in [2.24, 2.45) is 10.1 Å². The van der Waals surface area contributed by atoms with E-state index in [-0.39, 0.29) is 6.04 Å². The Bertz CT molecular complexity index is 1150. The first-order valence-electron chi connectivity index (χ1n) is 9.31. The summed E-state index contributed by atoms with van der Waals surface area (Å²) in [5.41, 5.74) is 3.30. The zero-order valence-corrected chi connectivity index (χ0v) is 19.8. The fraction of sp³-hybridized carbons (Fsp3) is 0.273. The summed E-state index contributed by atoms with van der Waals surface area (Å²) < 4.78 is 12.8. The van der Waals surface area contributed by atoms with Crippen molar-refractivity contribution >= 4 is 40.3 Å². The van der Waals surface area contributed by atoms with Crippen LogP contribution in [0, 0.1) is 0 Å². The summed E-state index contributed by atoms with van der Waals surface area (Å²) in [5, 5.41) is 8.01. The minimum Gasteiger partial charge on any atom is -0.497 e. The van der Waals surface area contributed by atoms with Crippen molar-refractivity contribution in [3.05, 3.63) is 62.2 Å². The fourth-order valence-corrected chi connectivity index (χ4v) is 4.39. The van der Waals surface area contributed by atoms with Crippen molar-refractivity contribution in [1.82, 2.24) is 4.68 Å². The Morgan fingerprint density at radius 3 is 2.47 bits per heavy atom. The molecule has 3 rings (SSSR count). The number of aromatic nitrogens is 1. The first-order valence-corrected chi connectivity index (χ1v) is 11.0. The van der Waals surface area contributed by atoms with Crippen molar-refractivity contribution in [1.29, 1.82) is 0 Å². The maximum atomic E-state index is 6.40. The van der Waals surface area contributed by atoms with Crippen LogP contribution in [0.2, 0.25) is 10.0 Å². The molecule has 0 unspecified atom stereocenters. The first-order chi connectivity index (χ1) is 14.3. The zero-order valence-electron chi connectivity index (χ0n) is 17.4. The minimum absolute atomic E-state index is 0.120. The predicted molar refractivity (Wildman–Crippen MR) is 126 cm³/mol. The molecule has 2 aromatic carbocycles. The molecule has 0 bridgehead atoms. The summed E-state index contributed by atoms with van der Waals surface area (Å²) in [7, 11) is 3.26. The van der Waals surface area contributed by atoms with Crippen LogP contribution >= 0.6 is 34.5 Å². The van der Waals surface area contributed by atoms with Crippen molar-refractivity contribution in [3.8, 4) is 22.8 Å². The van der Waals surface area contributed by atoms with Crippen molar-refractivity contribution in [2.75, 3.05) is 14.2 Å². The second-order valence-electron chi connectivity index (χ2n) is 6.81. The summed E-state index contributed by atoms with van der Waals surface area (Å²) in [6.07, 6.45) is 0. The summed E-state index contributed by atoms with van der Waals surface area (Å²) in [6, 6.07) is 11.2. The molecule has 1 heterocycles. The Morgan fingerprint density at radius 2 is 1.83 bits per heavy atom. The Hall–Kier alpha value is -2.28. The number of thiazole rings is 1. The number of hydrogen-bond acceptors (Lipinski definition) is 5. The van der Waals surface area contributed by atoms with Gasteiger partial charge in [-0.15, -0.1) is 11.3 Å². The molecule has 0 saturated carbocycles. The molecule has 0 aliphatic heterocycles. The lowest BCUT2D eigenvalue weighted by Crippen LogP contribution is -2.16. The summed E-state index contributed by atoms with van der Waals surface area (Å²) >= 11 is 14.0. The lowest BCUT2D eigenvalue weighted by Gasteiger charge is -2.12. The number of halogens is 2. The molecule has 0 saturated heterocycles. The van der Waals surface area contributed by atoms with Gasteiger partial charge >= 0.3 is 0 Å². The molecule has 8 heteroatoms. The monoisotopic (exact) mass is 463 g/mol. The molecular formula is C22H23Cl2N3O2S. The molecule has 0 fully saturated rings. The Morgan fingerprint density at radius 1 is 1.07 bits per heavy atom. The Balaban J connectivity index is 2.22. The van der Waals surface area contributed by atoms with E-state index in [1.165, 1.54) is 11.3 Å². The van der Waals surface area contributed by atoms with E-state index in [1.54, 1.807) is 26.4 Å². The summed E-state index contributed by atoms with van der Waals surface area (Å²) in [6.45, 7) is 5.97. The molecule has 5 nitrogen and oxygen atoms in total. The summed E-state index contributed by atoms with van der Waals surface area (Å²) in [4.78, 5) is 5.51. The largest absolute Gasteiger partial charge is 0.497 e. The van der Waals surface area contributed by atoms with Gasteiger partial charge in [0.1, 0.15) is 11.5 Å². The summed E-state index contributed by atoms with van der Waals surface area (Å²) in [5.74, 6) is 1.41. The van der Waals surface area contributed by atoms with E-state index in [4.69, 9.17) is 42.8 Å². The van der Waals surface area contributed by atoms with Crippen LogP contribution in [0.15, 0.2) is 51.9 Å². The Labute approximate surface area is 190 Å². The third-order valence-electron chi connectivity index (χ3n) is 4.31. The predicted octanol–water partition coefficient (Wildman–Crippen LogP) is 6.12. The highest BCUT2D eigenvalue weighted by molar-refractivity contribution is 7.07. The van der Waals surface area contributed by atoms with Crippen LogP contribution in [0.1, 0.15) is 26.3 Å². The van der Waals surface area contributed by atoms with Crippen LogP contribution in [-0.2, 0) is 0 Å². The molecule has 1 aromatic heterocycles. The van der Waals surface area contributed by atoms with Gasteiger partial charge in [-0.25, -0.2) is 4.68 Å². The number of benzene rings is 2. The van der Waals surface area contributed by atoms with Crippen molar-refractivity contribution < 1.29 is 9.47 Å². The molecule has 0 spiro atoms. The van der Waals surface area contributed by atoms with Gasteiger partial charge in [-0.05, 0) is 45.0 Å². The SMILES string of the molecule is COc1ccc(-c2csc(=NC(C)C)n2/N=C(\C)c2ccc(Cl)cc2Cl)c(OC)c1. The molecule has 0 N–H and O–H groups in total. The van der Waals surface area contributed by atoms with Crippen LogP contribution in [0.4, 0.5) is 0 Å². The van der Waals surface area contributed by atoms with Crippen LogP contribution in [0.25, 0.3) is 11.3 Å². The lowest BCUT2D eigenvalue weighted by atomic mass is 10.1. The van der Waals surface area contributed by atoms with Gasteiger partial charge in [-0.2, -0.15) is 5.10 Å². The van der Waals surface area contributed by atoms with Gasteiger partial charge in [-0.1, -0.05) is 29.3 Å². The maximum Gasteiger partial charge on any atom is 0.206 e. The first kappa shape index (κ1) is 22.4. The fourth-order valence-electron chi connectivity index (χ4n) is 2.89. The van der Waals surface area contributed by atoms with Crippen LogP contribution in [0.5, 0.6) is 11.5 Å². The number of methoxy groups -OCH3 is 2. The molecule has 0 amide bonds. The molecule has 0 aliphatic rings. The second kappa shape index (κ2) is 9.69. The Kier molecular flexibility index (Phi) is 7.23. The second-order valence-corrected chi connectivity index (χ2v) is 8.49. The van der Waals surface area contributed by atoms with Crippen molar-refractivity contribution in [3.63, 3.8) is 0 Å². The average Bonchev–Trinajstić information content (AvgIpc) is 3.08. The van der Waals surface area contributed by atoms with Crippen LogP contribution in [0.3, 0.4) is 0 Å². The standard InChI is InChI=1S/C22H23Cl2N3O2S/c1-13(2)25-22-27(26-14(3)17-8-6-15(23)10-19(17)24)20(12-30-22)18-9-7-16(28-4)11-21(18)29-5/h6-13H,1-5H3/b25-22?,26-14+. The number of nitrogens with zero attached hydrogens (tertiary/aromatic N) is 3. The quantitative estimate of drug-likeness (QED) is 0.413. The minimum atomic E-state index is 0.120. The van der Waals surface area contributed by atoms with E-state index >= 15 is 0 Å². The smallest absolute Gasteiger partial charge is 0.206 e. The highest BCUT2D eigenvalue weighted by Gasteiger charge is 2.15. The average molecular weight is 464 g/mol. The van der Waals surface area contributed by atoms with Gasteiger partial charge in [0.25, 0.3) is 0 Å². The van der Waals surface area contributed by atoms with E-state index in [0.717, 1.165) is 33.1 Å². The molecule has 30 heavy (non-hydrogen) atoms. The van der Waals surface area contributed by atoms with Gasteiger partial charge in [0.2, 0.25) is 4.80 Å². The van der Waals surface area contributed by atoms with Gasteiger partial charge < -0.3 is 9.47 Å². The molecule has 0 atom stereocenters. The van der Waals surface area contributed by atoms with E-state index in [9.17, 15) is 0 Å². The number of rotatable bonds is 6. The highest BCUT2D eigenvalue weighted by Crippen LogP contribution is 2.34. The molecule has 158 valence electrons. The van der Waals surface area contributed by atoms with Crippen molar-refractivity contribution in [2.45, 2.75) is 26.8 Å². The van der Waals surface area contributed by atoms with Gasteiger partial charge in [0.15, 0.2) is 0 Å². The zero-order chi connectivity index (χ0) is 21.8. The number of hydrogen-bond donors (Lipinski definition) is 0. The third-order valence-corrected chi connectivity index (χ3v) is 5.69. The van der Waals surface area contributed by atoms with E-state index in [2.05, 4.69) is 0 Å². The third kappa shape index (κ3) is 4.89. The van der Waals surface area contributed by atoms with E-state index in [0.29, 0.717) is 15.8 Å².